The van der Waals surface area contributed by atoms with Crippen molar-refractivity contribution >= 4 is 28.0 Å². The first-order chi connectivity index (χ1) is 11.2. The van der Waals surface area contributed by atoms with Crippen molar-refractivity contribution in [2.24, 2.45) is 0 Å². The highest BCUT2D eigenvalue weighted by atomic mass is 32.1. The summed E-state index contributed by atoms with van der Waals surface area (Å²) in [7, 11) is 0. The summed E-state index contributed by atoms with van der Waals surface area (Å²) in [6.45, 7) is 3.00. The number of carbonyl (C=O) groups excluding carboxylic acids is 1. The lowest BCUT2D eigenvalue weighted by molar-refractivity contribution is 0.0940. The maximum Gasteiger partial charge on any atom is 0.268 e. The molecule has 0 saturated carbocycles. The van der Waals surface area contributed by atoms with Crippen LogP contribution in [0.2, 0.25) is 0 Å². The number of hydrogen-bond donors (Lipinski definition) is 1. The van der Waals surface area contributed by atoms with Crippen LogP contribution in [-0.4, -0.2) is 10.5 Å². The van der Waals surface area contributed by atoms with Crippen molar-refractivity contribution in [3.63, 3.8) is 0 Å². The highest BCUT2D eigenvalue weighted by Gasteiger charge is 2.15. The van der Waals surface area contributed by atoms with Crippen LogP contribution in [0.3, 0.4) is 0 Å². The first-order valence-electron chi connectivity index (χ1n) is 7.64. The van der Waals surface area contributed by atoms with Crippen molar-refractivity contribution in [2.45, 2.75) is 26.4 Å². The Morgan fingerprint density at radius 3 is 2.78 bits per heavy atom. The Kier molecular flexibility index (Phi) is 4.57. The summed E-state index contributed by atoms with van der Waals surface area (Å²) in [5.41, 5.74) is 0.318. The van der Waals surface area contributed by atoms with Gasteiger partial charge >= 0.3 is 0 Å². The molecule has 4 nitrogen and oxygen atoms in total. The van der Waals surface area contributed by atoms with Gasteiger partial charge in [0, 0.05) is 16.8 Å². The molecule has 3 aromatic rings. The van der Waals surface area contributed by atoms with Crippen molar-refractivity contribution < 1.29 is 4.79 Å². The van der Waals surface area contributed by atoms with Gasteiger partial charge in [-0.05, 0) is 35.4 Å². The number of rotatable bonds is 5. The first-order valence-corrected chi connectivity index (χ1v) is 8.52. The molecular formula is C18H18N2O2S. The summed E-state index contributed by atoms with van der Waals surface area (Å²) >= 11 is 1.60. The SMILES string of the molecule is CCCn1c(C(=O)NCc2cccs2)cc2ccccc2c1=O. The van der Waals surface area contributed by atoms with Gasteiger partial charge in [-0.2, -0.15) is 0 Å². The minimum Gasteiger partial charge on any atom is -0.346 e. The third-order valence-electron chi connectivity index (χ3n) is 3.70. The first kappa shape index (κ1) is 15.5. The second kappa shape index (κ2) is 6.79. The zero-order valence-corrected chi connectivity index (χ0v) is 13.7. The van der Waals surface area contributed by atoms with E-state index in [0.29, 0.717) is 24.2 Å². The summed E-state index contributed by atoms with van der Waals surface area (Å²) in [6, 6.07) is 13.1. The lowest BCUT2D eigenvalue weighted by Crippen LogP contribution is -2.32. The van der Waals surface area contributed by atoms with Gasteiger partial charge in [0.15, 0.2) is 0 Å². The molecule has 0 bridgehead atoms. The summed E-state index contributed by atoms with van der Waals surface area (Å²) in [6.07, 6.45) is 0.795. The van der Waals surface area contributed by atoms with Crippen LogP contribution in [0, 0.1) is 0 Å². The topological polar surface area (TPSA) is 51.1 Å². The predicted molar refractivity (Wildman–Crippen MR) is 94.0 cm³/mol. The Morgan fingerprint density at radius 1 is 1.22 bits per heavy atom. The molecule has 1 amide bonds. The Bertz CT molecular complexity index is 882. The zero-order chi connectivity index (χ0) is 16.2. The van der Waals surface area contributed by atoms with Crippen LogP contribution in [0.5, 0.6) is 0 Å². The van der Waals surface area contributed by atoms with Crippen molar-refractivity contribution in [1.29, 1.82) is 0 Å². The van der Waals surface area contributed by atoms with E-state index in [1.807, 2.05) is 42.6 Å². The van der Waals surface area contributed by atoms with E-state index in [2.05, 4.69) is 5.32 Å². The molecule has 0 aliphatic rings. The van der Waals surface area contributed by atoms with E-state index in [4.69, 9.17) is 0 Å². The second-order valence-electron chi connectivity index (χ2n) is 5.34. The van der Waals surface area contributed by atoms with Crippen molar-refractivity contribution in [3.05, 3.63) is 68.8 Å². The minimum atomic E-state index is -0.213. The molecule has 0 fully saturated rings. The number of benzene rings is 1. The monoisotopic (exact) mass is 326 g/mol. The van der Waals surface area contributed by atoms with E-state index in [1.54, 1.807) is 28.0 Å². The Labute approximate surface area is 138 Å². The van der Waals surface area contributed by atoms with E-state index >= 15 is 0 Å². The number of aromatic nitrogens is 1. The average molecular weight is 326 g/mol. The summed E-state index contributed by atoms with van der Waals surface area (Å²) in [5, 5.41) is 6.33. The fourth-order valence-corrected chi connectivity index (χ4v) is 3.25. The number of pyridine rings is 1. The van der Waals surface area contributed by atoms with Gasteiger partial charge < -0.3 is 9.88 Å². The van der Waals surface area contributed by atoms with Crippen LogP contribution in [0.1, 0.15) is 28.7 Å². The van der Waals surface area contributed by atoms with Gasteiger partial charge in [-0.15, -0.1) is 11.3 Å². The van der Waals surface area contributed by atoms with E-state index in [-0.39, 0.29) is 11.5 Å². The molecule has 118 valence electrons. The maximum absolute atomic E-state index is 12.7. The maximum atomic E-state index is 12.7. The van der Waals surface area contributed by atoms with Gasteiger partial charge in [-0.1, -0.05) is 31.2 Å². The van der Waals surface area contributed by atoms with E-state index in [9.17, 15) is 9.59 Å². The molecule has 0 unspecified atom stereocenters. The quantitative estimate of drug-likeness (QED) is 0.781. The van der Waals surface area contributed by atoms with E-state index in [0.717, 1.165) is 16.7 Å². The molecule has 1 N–H and O–H groups in total. The predicted octanol–water partition coefficient (Wildman–Crippen LogP) is 3.40. The molecule has 0 saturated heterocycles. The average Bonchev–Trinajstić information content (AvgIpc) is 3.08. The summed E-state index contributed by atoms with van der Waals surface area (Å²) in [4.78, 5) is 26.3. The highest BCUT2D eigenvalue weighted by Crippen LogP contribution is 2.13. The van der Waals surface area contributed by atoms with E-state index < -0.39 is 0 Å². The lowest BCUT2D eigenvalue weighted by Gasteiger charge is -2.13. The molecule has 2 heterocycles. The number of nitrogens with zero attached hydrogens (tertiary/aromatic N) is 1. The molecule has 5 heteroatoms. The fourth-order valence-electron chi connectivity index (χ4n) is 2.60. The minimum absolute atomic E-state index is 0.105. The van der Waals surface area contributed by atoms with Crippen molar-refractivity contribution in [1.82, 2.24) is 9.88 Å². The molecule has 0 aliphatic carbocycles. The largest absolute Gasteiger partial charge is 0.346 e. The summed E-state index contributed by atoms with van der Waals surface area (Å²) < 4.78 is 1.58. The molecule has 23 heavy (non-hydrogen) atoms. The number of nitrogens with one attached hydrogen (secondary N) is 1. The number of hydrogen-bond acceptors (Lipinski definition) is 3. The van der Waals surface area contributed by atoms with Crippen LogP contribution >= 0.6 is 11.3 Å². The molecule has 0 aliphatic heterocycles. The standard InChI is InChI=1S/C18H18N2O2S/c1-2-9-20-16(17(21)19-12-14-7-5-10-23-14)11-13-6-3-4-8-15(13)18(20)22/h3-8,10-11H,2,9,12H2,1H3,(H,19,21). The third kappa shape index (κ3) is 3.19. The molecule has 0 radical (unpaired) electrons. The normalized spacial score (nSPS) is 10.8. The zero-order valence-electron chi connectivity index (χ0n) is 12.9. The number of carbonyl (C=O) groups is 1. The van der Waals surface area contributed by atoms with Gasteiger partial charge in [0.1, 0.15) is 5.69 Å². The van der Waals surface area contributed by atoms with Crippen LogP contribution < -0.4 is 10.9 Å². The van der Waals surface area contributed by atoms with E-state index in [1.165, 1.54) is 0 Å². The number of fused-ring (bicyclic) bond motifs is 1. The lowest BCUT2D eigenvalue weighted by atomic mass is 10.1. The van der Waals surface area contributed by atoms with Gasteiger partial charge in [-0.25, -0.2) is 0 Å². The smallest absolute Gasteiger partial charge is 0.268 e. The molecule has 0 atom stereocenters. The van der Waals surface area contributed by atoms with Gasteiger partial charge in [-0.3, -0.25) is 9.59 Å². The Balaban J connectivity index is 1.99. The highest BCUT2D eigenvalue weighted by molar-refractivity contribution is 7.09. The number of thiophene rings is 1. The van der Waals surface area contributed by atoms with Gasteiger partial charge in [0.05, 0.1) is 6.54 Å². The third-order valence-corrected chi connectivity index (χ3v) is 4.58. The van der Waals surface area contributed by atoms with Crippen molar-refractivity contribution in [3.8, 4) is 0 Å². The number of amides is 1. The fraction of sp³-hybridized carbons (Fsp3) is 0.222. The Hall–Kier alpha value is -2.40. The molecule has 1 aromatic carbocycles. The van der Waals surface area contributed by atoms with Crippen LogP contribution in [0.4, 0.5) is 0 Å². The van der Waals surface area contributed by atoms with Gasteiger partial charge in [0.25, 0.3) is 11.5 Å². The van der Waals surface area contributed by atoms with Crippen molar-refractivity contribution in [2.75, 3.05) is 0 Å². The molecule has 2 aromatic heterocycles. The van der Waals surface area contributed by atoms with Gasteiger partial charge in [0.2, 0.25) is 0 Å². The van der Waals surface area contributed by atoms with Crippen LogP contribution in [0.15, 0.2) is 52.6 Å². The van der Waals surface area contributed by atoms with Crippen LogP contribution in [-0.2, 0) is 13.1 Å². The summed E-state index contributed by atoms with van der Waals surface area (Å²) in [5.74, 6) is -0.213. The second-order valence-corrected chi connectivity index (χ2v) is 6.37. The molecule has 3 rings (SSSR count). The molecular weight excluding hydrogens is 308 g/mol. The Morgan fingerprint density at radius 2 is 2.04 bits per heavy atom. The molecule has 0 spiro atoms. The van der Waals surface area contributed by atoms with Crippen LogP contribution in [0.25, 0.3) is 10.8 Å².